The lowest BCUT2D eigenvalue weighted by Crippen LogP contribution is -2.21. The molecule has 0 aliphatic heterocycles. The Morgan fingerprint density at radius 3 is 0.333 bits per heavy atom. The number of fused-ring (bicyclic) bond motifs is 8. The molecule has 0 radical (unpaired) electrons. The molecule has 21 rings (SSSR count). The highest BCUT2D eigenvalue weighted by Gasteiger charge is 2.27. The van der Waals surface area contributed by atoms with Gasteiger partial charge in [-0.15, -0.1) is 0 Å². The van der Waals surface area contributed by atoms with Crippen molar-refractivity contribution in [1.82, 2.24) is 0 Å². The Balaban J connectivity index is 0.000000157. The molecule has 0 saturated heterocycles. The van der Waals surface area contributed by atoms with Gasteiger partial charge in [-0.25, -0.2) is 0 Å². The van der Waals surface area contributed by atoms with Crippen LogP contribution in [0.4, 0.5) is 0 Å². The molecule has 0 heterocycles. The van der Waals surface area contributed by atoms with Gasteiger partial charge in [0.2, 0.25) is 0 Å². The van der Waals surface area contributed by atoms with Crippen molar-refractivity contribution in [2.45, 2.75) is 218 Å². The second kappa shape index (κ2) is 56.1. The summed E-state index contributed by atoms with van der Waals surface area (Å²) in [5.74, 6) is 8.09. The van der Waals surface area contributed by atoms with Crippen molar-refractivity contribution >= 4 is 21.5 Å². The van der Waals surface area contributed by atoms with E-state index in [2.05, 4.69) is 97.1 Å². The molecule has 0 N–H and O–H groups in total. The topological polar surface area (TPSA) is 18.5 Å². The van der Waals surface area contributed by atoms with Gasteiger partial charge in [0, 0.05) is 0 Å². The molecular weight excluding hydrogens is 1230 g/mol. The molecule has 0 unspecified atom stereocenters. The summed E-state index contributed by atoms with van der Waals surface area (Å²) < 4.78 is 11.2. The molecule has 0 atom stereocenters. The fraction of sp³-hybridized carbons (Fsp3) is 0.380. The van der Waals surface area contributed by atoms with E-state index in [0.717, 1.165) is 46.7 Å². The highest BCUT2D eigenvalue weighted by molar-refractivity contribution is 5.82. The maximum absolute atomic E-state index is 5.58. The van der Waals surface area contributed by atoms with Crippen LogP contribution >= 0.6 is 0 Å². The number of ether oxygens (including phenoxy) is 2. The van der Waals surface area contributed by atoms with Gasteiger partial charge in [0.25, 0.3) is 0 Å². The number of hydrogen-bond acceptors (Lipinski definition) is 2. The van der Waals surface area contributed by atoms with Crippen molar-refractivity contribution < 1.29 is 9.47 Å². The van der Waals surface area contributed by atoms with Crippen LogP contribution in [0.3, 0.4) is 0 Å². The second-order valence-corrected chi connectivity index (χ2v) is 28.3. The molecule has 0 spiro atoms. The first-order chi connectivity index (χ1) is 50.7. The zero-order valence-electron chi connectivity index (χ0n) is 62.3. The second-order valence-electron chi connectivity index (χ2n) is 28.3. The summed E-state index contributed by atoms with van der Waals surface area (Å²) in [4.78, 5) is 0. The molecule has 4 bridgehead atoms. The van der Waals surface area contributed by atoms with Crippen LogP contribution < -0.4 is 9.47 Å². The van der Waals surface area contributed by atoms with Gasteiger partial charge in [0.1, 0.15) is 23.0 Å². The van der Waals surface area contributed by atoms with Gasteiger partial charge in [-0.3, -0.25) is 0 Å². The first-order valence-electron chi connectivity index (χ1n) is 40.2. The van der Waals surface area contributed by atoms with Crippen molar-refractivity contribution in [3.8, 4) is 23.0 Å². The van der Waals surface area contributed by atoms with Crippen molar-refractivity contribution in [2.75, 3.05) is 0 Å². The number of hydrogen-bond donors (Lipinski definition) is 0. The minimum atomic E-state index is 0.869. The average molecular weight is 1360 g/mol. The van der Waals surface area contributed by atoms with Gasteiger partial charge in [-0.1, -0.05) is 497 Å². The molecule has 0 aromatic heterocycles. The summed E-state index contributed by atoms with van der Waals surface area (Å²) in [7, 11) is 0. The predicted molar refractivity (Wildman–Crippen MR) is 444 cm³/mol. The smallest absolute Gasteiger partial charge is 0.127 e. The minimum Gasteiger partial charge on any atom is -0.457 e. The highest BCUT2D eigenvalue weighted by atomic mass is 16.5. The molecule has 2 nitrogen and oxygen atoms in total. The molecule has 0 amide bonds. The van der Waals surface area contributed by atoms with E-state index in [1.165, 1.54) is 163 Å². The van der Waals surface area contributed by atoms with Gasteiger partial charge < -0.3 is 9.47 Å². The lowest BCUT2D eigenvalue weighted by atomic mass is 9.71. The summed E-state index contributed by atoms with van der Waals surface area (Å²) in [6.45, 7) is 0. The van der Waals surface area contributed by atoms with E-state index < -0.39 is 0 Å². The first-order valence-corrected chi connectivity index (χ1v) is 40.2. The van der Waals surface area contributed by atoms with Crippen molar-refractivity contribution in [3.05, 3.63) is 328 Å². The maximum Gasteiger partial charge on any atom is 0.127 e. The summed E-state index contributed by atoms with van der Waals surface area (Å²) in [5, 5.41) is 5.24. The van der Waals surface area contributed by atoms with E-state index in [0.29, 0.717) is 0 Å². The monoisotopic (exact) mass is 1360 g/mol. The van der Waals surface area contributed by atoms with E-state index >= 15 is 0 Å². The first kappa shape index (κ1) is 80.8. The summed E-state index contributed by atoms with van der Waals surface area (Å²) >= 11 is 0. The van der Waals surface area contributed by atoms with Crippen LogP contribution in [0.25, 0.3) is 21.5 Å². The number of rotatable bonds is 4. The molecule has 11 aromatic carbocycles. The lowest BCUT2D eigenvalue weighted by molar-refractivity contribution is 0.176. The third-order valence-electron chi connectivity index (χ3n) is 20.2. The van der Waals surface area contributed by atoms with Crippen LogP contribution in [0, 0.1) is 23.7 Å². The fourth-order valence-corrected chi connectivity index (χ4v) is 14.1. The minimum absolute atomic E-state index is 0.869. The quantitative estimate of drug-likeness (QED) is 0.175. The zero-order valence-corrected chi connectivity index (χ0v) is 62.3. The Hall–Kier alpha value is -8.46. The van der Waals surface area contributed by atoms with Crippen LogP contribution in [0.2, 0.25) is 0 Å². The Bertz CT molecular complexity index is 2910. The number of benzene rings is 11. The third-order valence-corrected chi connectivity index (χ3v) is 20.2. The average Bonchev–Trinajstić information content (AvgIpc) is 1.35. The van der Waals surface area contributed by atoms with E-state index in [4.69, 9.17) is 9.47 Å². The van der Waals surface area contributed by atoms with Gasteiger partial charge in [-0.2, -0.15) is 0 Å². The van der Waals surface area contributed by atoms with Crippen LogP contribution in [-0.4, -0.2) is 0 Å². The molecule has 10 fully saturated rings. The molecule has 10 aliphatic carbocycles. The number of para-hydroxylation sites is 4. The van der Waals surface area contributed by atoms with Crippen molar-refractivity contribution in [3.63, 3.8) is 0 Å². The van der Waals surface area contributed by atoms with Crippen molar-refractivity contribution in [2.24, 2.45) is 23.7 Å². The zero-order chi connectivity index (χ0) is 70.6. The maximum atomic E-state index is 5.58. The fourth-order valence-electron chi connectivity index (χ4n) is 14.1. The molecule has 102 heavy (non-hydrogen) atoms. The molecular formula is C100H126O2. The third kappa shape index (κ3) is 39.7. The summed E-state index contributed by atoms with van der Waals surface area (Å²) in [5.41, 5.74) is 0. The standard InChI is InChI=1S/2C12H10O.2C10H8.2C8H14.2C6H12.3C6H6.2C5H10/c2*1-3-7-11(8-4-1)13-12-9-5-2-6-10-12;2*1-2-6-10-8-4-3-7-9(10)5-1;2*1-2-8-5-3-7(1)4-6-8;5*1-2-4-6-5-3-1;2*1-2-4-5-3-1/h2*1-10H;2*1-8H;2*7-8H,1-6H2;2*1-6H2;3*1-6H;2*1-5H2. The van der Waals surface area contributed by atoms with Gasteiger partial charge in [0.15, 0.2) is 0 Å². The predicted octanol–water partition coefficient (Wildman–Crippen LogP) is 31.5. The highest BCUT2D eigenvalue weighted by Crippen LogP contribution is 2.41. The van der Waals surface area contributed by atoms with E-state index in [1.807, 2.05) is 231 Å². The molecule has 10 saturated carbocycles. The van der Waals surface area contributed by atoms with E-state index in [-0.39, 0.29) is 0 Å². The molecule has 2 heteroatoms. The lowest BCUT2D eigenvalue weighted by Gasteiger charge is -2.35. The molecule has 538 valence electrons. The van der Waals surface area contributed by atoms with Crippen LogP contribution in [0.1, 0.15) is 218 Å². The Labute approximate surface area is 619 Å². The Kier molecular flexibility index (Phi) is 44.5. The van der Waals surface area contributed by atoms with Gasteiger partial charge in [0.05, 0.1) is 0 Å². The summed E-state index contributed by atoms with van der Waals surface area (Å²) in [6.07, 6.45) is 51.7. The van der Waals surface area contributed by atoms with Gasteiger partial charge in [-0.05, 0) is 93.7 Å². The molecule has 10 aliphatic rings. The van der Waals surface area contributed by atoms with E-state index in [1.54, 1.807) is 77.0 Å². The van der Waals surface area contributed by atoms with Gasteiger partial charge >= 0.3 is 0 Å². The normalized spacial score (nSPS) is 18.0. The van der Waals surface area contributed by atoms with E-state index in [9.17, 15) is 0 Å². The SMILES string of the molecule is C1CC2CCC1CC2.C1CC2CCC1CC2.C1CCCC1.C1CCCC1.C1CCCCC1.C1CCCCC1.c1ccc(Oc2ccccc2)cc1.c1ccc(Oc2ccccc2)cc1.c1ccc2ccccc2c1.c1ccc2ccccc2c1.c1ccccc1.c1ccccc1.c1ccccc1. The Morgan fingerprint density at radius 2 is 0.225 bits per heavy atom. The molecule has 11 aromatic rings. The summed E-state index contributed by atoms with van der Waals surface area (Å²) in [6, 6.07) is 108. The van der Waals surface area contributed by atoms with Crippen LogP contribution in [-0.2, 0) is 0 Å². The van der Waals surface area contributed by atoms with Crippen molar-refractivity contribution in [1.29, 1.82) is 0 Å². The Morgan fingerprint density at radius 1 is 0.127 bits per heavy atom. The van der Waals surface area contributed by atoms with Crippen LogP contribution in [0.15, 0.2) is 328 Å². The van der Waals surface area contributed by atoms with Crippen LogP contribution in [0.5, 0.6) is 23.0 Å². The largest absolute Gasteiger partial charge is 0.457 e.